The number of benzene rings is 1. The summed E-state index contributed by atoms with van der Waals surface area (Å²) in [5.74, 6) is -0.149. The number of fused-ring (bicyclic) bond motifs is 1. The first-order chi connectivity index (χ1) is 12.0. The molecule has 0 aliphatic heterocycles. The number of carbonyl (C=O) groups excluding carboxylic acids is 1. The van der Waals surface area contributed by atoms with Crippen LogP contribution in [0.15, 0.2) is 40.9 Å². The van der Waals surface area contributed by atoms with E-state index in [0.717, 1.165) is 5.56 Å². The normalized spacial score (nSPS) is 12.5. The van der Waals surface area contributed by atoms with Crippen molar-refractivity contribution in [2.24, 2.45) is 0 Å². The number of nitrogens with zero attached hydrogens (tertiary/aromatic N) is 3. The van der Waals surface area contributed by atoms with E-state index in [1.165, 1.54) is 0 Å². The maximum absolute atomic E-state index is 12.8. The van der Waals surface area contributed by atoms with E-state index >= 15 is 0 Å². The number of pyridine rings is 1. The van der Waals surface area contributed by atoms with Gasteiger partial charge in [-0.05, 0) is 34.0 Å². The zero-order valence-corrected chi connectivity index (χ0v) is 14.9. The molecule has 1 aromatic carbocycles. The molecule has 2 aromatic heterocycles. The lowest BCUT2D eigenvalue weighted by Gasteiger charge is -2.20. The van der Waals surface area contributed by atoms with Gasteiger partial charge in [-0.2, -0.15) is 0 Å². The van der Waals surface area contributed by atoms with Crippen molar-refractivity contribution in [1.82, 2.24) is 20.4 Å². The Balaban J connectivity index is 2.00. The smallest absolute Gasteiger partial charge is 0.259 e. The SMILES string of the molecule is Cc1noc2nc(-c3ccccc3)cc(C(=O)NC[C@H](C)N(C)C)c12. The van der Waals surface area contributed by atoms with Gasteiger partial charge in [0, 0.05) is 18.2 Å². The molecule has 0 aliphatic rings. The lowest BCUT2D eigenvalue weighted by Crippen LogP contribution is -2.38. The van der Waals surface area contributed by atoms with Crippen LogP contribution in [0.1, 0.15) is 23.0 Å². The average Bonchev–Trinajstić information content (AvgIpc) is 3.00. The topological polar surface area (TPSA) is 71.3 Å². The lowest BCUT2D eigenvalue weighted by molar-refractivity contribution is 0.0945. The number of aromatic nitrogens is 2. The maximum Gasteiger partial charge on any atom is 0.259 e. The standard InChI is InChI=1S/C19H22N4O2/c1-12(23(3)4)11-20-18(24)15-10-16(14-8-6-5-7-9-14)21-19-17(15)13(2)22-25-19/h5-10,12H,11H2,1-4H3,(H,20,24)/t12-/m0/s1. The molecular weight excluding hydrogens is 316 g/mol. The third-order valence-electron chi connectivity index (χ3n) is 4.37. The first kappa shape index (κ1) is 17.1. The number of nitrogens with one attached hydrogen (secondary N) is 1. The predicted octanol–water partition coefficient (Wildman–Crippen LogP) is 2.88. The fourth-order valence-corrected chi connectivity index (χ4v) is 2.55. The van der Waals surface area contributed by atoms with Gasteiger partial charge in [-0.25, -0.2) is 4.98 Å². The van der Waals surface area contributed by atoms with E-state index in [4.69, 9.17) is 4.52 Å². The average molecular weight is 338 g/mol. The molecule has 1 atom stereocenters. The summed E-state index contributed by atoms with van der Waals surface area (Å²) < 4.78 is 5.32. The van der Waals surface area contributed by atoms with Gasteiger partial charge in [0.05, 0.1) is 22.3 Å². The van der Waals surface area contributed by atoms with E-state index < -0.39 is 0 Å². The number of hydrogen-bond donors (Lipinski definition) is 1. The quantitative estimate of drug-likeness (QED) is 0.774. The van der Waals surface area contributed by atoms with Crippen LogP contribution in [0.5, 0.6) is 0 Å². The summed E-state index contributed by atoms with van der Waals surface area (Å²) in [5, 5.41) is 7.62. The van der Waals surface area contributed by atoms with Gasteiger partial charge in [-0.15, -0.1) is 0 Å². The molecule has 0 fully saturated rings. The first-order valence-corrected chi connectivity index (χ1v) is 8.24. The van der Waals surface area contributed by atoms with Crippen LogP contribution in [-0.2, 0) is 0 Å². The highest BCUT2D eigenvalue weighted by molar-refractivity contribution is 6.07. The van der Waals surface area contributed by atoms with Crippen molar-refractivity contribution in [1.29, 1.82) is 0 Å². The third-order valence-corrected chi connectivity index (χ3v) is 4.37. The summed E-state index contributed by atoms with van der Waals surface area (Å²) >= 11 is 0. The van der Waals surface area contributed by atoms with Crippen molar-refractivity contribution in [2.45, 2.75) is 19.9 Å². The second-order valence-electron chi connectivity index (χ2n) is 6.39. The van der Waals surface area contributed by atoms with E-state index in [9.17, 15) is 4.79 Å². The Labute approximate surface area is 146 Å². The van der Waals surface area contributed by atoms with Crippen LogP contribution >= 0.6 is 0 Å². The molecule has 3 rings (SSSR count). The molecule has 0 radical (unpaired) electrons. The summed E-state index contributed by atoms with van der Waals surface area (Å²) in [5.41, 5.74) is 3.19. The van der Waals surface area contributed by atoms with Crippen LogP contribution in [0.2, 0.25) is 0 Å². The molecule has 0 unspecified atom stereocenters. The van der Waals surface area contributed by atoms with Crippen LogP contribution in [0.4, 0.5) is 0 Å². The predicted molar refractivity (Wildman–Crippen MR) is 97.5 cm³/mol. The van der Waals surface area contributed by atoms with E-state index in [2.05, 4.69) is 27.3 Å². The Morgan fingerprint density at radius 2 is 2.00 bits per heavy atom. The Hall–Kier alpha value is -2.73. The fourth-order valence-electron chi connectivity index (χ4n) is 2.55. The zero-order valence-electron chi connectivity index (χ0n) is 14.9. The molecule has 6 heteroatoms. The summed E-state index contributed by atoms with van der Waals surface area (Å²) in [6.07, 6.45) is 0. The van der Waals surface area contributed by atoms with E-state index in [-0.39, 0.29) is 11.9 Å². The number of hydrogen-bond acceptors (Lipinski definition) is 5. The first-order valence-electron chi connectivity index (χ1n) is 8.24. The van der Waals surface area contributed by atoms with Gasteiger partial charge in [-0.3, -0.25) is 4.79 Å². The molecule has 1 N–H and O–H groups in total. The Morgan fingerprint density at radius 1 is 1.28 bits per heavy atom. The molecule has 25 heavy (non-hydrogen) atoms. The zero-order chi connectivity index (χ0) is 18.0. The molecule has 0 aliphatic carbocycles. The number of rotatable bonds is 5. The van der Waals surface area contributed by atoms with Crippen molar-refractivity contribution in [3.63, 3.8) is 0 Å². The van der Waals surface area contributed by atoms with Gasteiger partial charge in [0.15, 0.2) is 0 Å². The Kier molecular flexibility index (Phi) is 4.81. The molecule has 3 aromatic rings. The van der Waals surface area contributed by atoms with Crippen molar-refractivity contribution < 1.29 is 9.32 Å². The van der Waals surface area contributed by atoms with Crippen molar-refractivity contribution in [3.8, 4) is 11.3 Å². The highest BCUT2D eigenvalue weighted by Gasteiger charge is 2.19. The van der Waals surface area contributed by atoms with Crippen LogP contribution in [0.25, 0.3) is 22.4 Å². The molecule has 0 saturated carbocycles. The maximum atomic E-state index is 12.8. The monoisotopic (exact) mass is 338 g/mol. The molecule has 6 nitrogen and oxygen atoms in total. The van der Waals surface area contributed by atoms with Gasteiger partial charge in [-0.1, -0.05) is 35.5 Å². The highest BCUT2D eigenvalue weighted by atomic mass is 16.5. The molecular formula is C19H22N4O2. The largest absolute Gasteiger partial charge is 0.350 e. The van der Waals surface area contributed by atoms with Gasteiger partial charge in [0.1, 0.15) is 0 Å². The molecule has 2 heterocycles. The van der Waals surface area contributed by atoms with Gasteiger partial charge >= 0.3 is 0 Å². The minimum absolute atomic E-state index is 0.149. The summed E-state index contributed by atoms with van der Waals surface area (Å²) in [6, 6.07) is 11.8. The molecule has 1 amide bonds. The van der Waals surface area contributed by atoms with E-state index in [1.54, 1.807) is 6.07 Å². The van der Waals surface area contributed by atoms with Crippen molar-refractivity contribution in [2.75, 3.05) is 20.6 Å². The number of amides is 1. The molecule has 0 spiro atoms. The minimum Gasteiger partial charge on any atom is -0.350 e. The van der Waals surface area contributed by atoms with Gasteiger partial charge in [0.25, 0.3) is 11.6 Å². The fraction of sp³-hybridized carbons (Fsp3) is 0.316. The molecule has 0 saturated heterocycles. The minimum atomic E-state index is -0.149. The van der Waals surface area contributed by atoms with E-state index in [0.29, 0.717) is 34.6 Å². The van der Waals surface area contributed by atoms with Crippen LogP contribution in [-0.4, -0.2) is 47.6 Å². The molecule has 130 valence electrons. The Morgan fingerprint density at radius 3 is 2.68 bits per heavy atom. The molecule has 0 bridgehead atoms. The van der Waals surface area contributed by atoms with Gasteiger partial charge in [0.2, 0.25) is 0 Å². The van der Waals surface area contributed by atoms with Gasteiger partial charge < -0.3 is 14.7 Å². The van der Waals surface area contributed by atoms with Crippen LogP contribution in [0, 0.1) is 6.92 Å². The third kappa shape index (κ3) is 3.53. The number of carbonyl (C=O) groups is 1. The van der Waals surface area contributed by atoms with Crippen LogP contribution in [0.3, 0.4) is 0 Å². The highest BCUT2D eigenvalue weighted by Crippen LogP contribution is 2.26. The summed E-state index contributed by atoms with van der Waals surface area (Å²) in [7, 11) is 3.97. The van der Waals surface area contributed by atoms with Crippen molar-refractivity contribution >= 4 is 17.0 Å². The second kappa shape index (κ2) is 7.03. The number of likely N-dealkylation sites (N-methyl/N-ethyl adjacent to an activating group) is 1. The second-order valence-corrected chi connectivity index (χ2v) is 6.39. The summed E-state index contributed by atoms with van der Waals surface area (Å²) in [4.78, 5) is 19.4. The summed E-state index contributed by atoms with van der Waals surface area (Å²) in [6.45, 7) is 4.43. The van der Waals surface area contributed by atoms with Crippen LogP contribution < -0.4 is 5.32 Å². The van der Waals surface area contributed by atoms with Crippen molar-refractivity contribution in [3.05, 3.63) is 47.7 Å². The van der Waals surface area contributed by atoms with E-state index in [1.807, 2.05) is 51.4 Å². The lowest BCUT2D eigenvalue weighted by atomic mass is 10.1. The Bertz CT molecular complexity index is 887. The number of aryl methyl sites for hydroxylation is 1.